The monoisotopic (exact) mass is 381 g/mol. The third-order valence-corrected chi connectivity index (χ3v) is 3.98. The fourth-order valence-corrected chi connectivity index (χ4v) is 2.78. The fourth-order valence-electron chi connectivity index (χ4n) is 2.47. The van der Waals surface area contributed by atoms with Crippen LogP contribution in [0.5, 0.6) is 0 Å². The normalized spacial score (nSPS) is 16.8. The molecular formula is C17H20FN3O4S. The third kappa shape index (κ3) is 5.22. The number of rotatable bonds is 4. The number of carbonyl (C=O) groups excluding carboxylic acids is 3. The van der Waals surface area contributed by atoms with E-state index in [4.69, 9.17) is 17.0 Å². The molecule has 1 aliphatic rings. The molecule has 0 aromatic heterocycles. The van der Waals surface area contributed by atoms with E-state index in [1.54, 1.807) is 13.8 Å². The second-order valence-corrected chi connectivity index (χ2v) is 6.40. The van der Waals surface area contributed by atoms with E-state index in [1.165, 1.54) is 17.0 Å². The standard InChI is InChI=1S/C17H20FN3O4S/c1-10(2)25-14(22)9-13-16(24)19-7-8-21(13)17(26)20-15(23)11-3-5-12(18)6-4-11/h3-6,10,13H,7-9H2,1-2H3,(H,19,24)(H,20,23,26)/t13-/m0/s1. The molecule has 1 saturated heterocycles. The highest BCUT2D eigenvalue weighted by Crippen LogP contribution is 2.12. The molecule has 1 fully saturated rings. The van der Waals surface area contributed by atoms with Crippen molar-refractivity contribution >= 4 is 35.1 Å². The van der Waals surface area contributed by atoms with Crippen LogP contribution in [0.15, 0.2) is 24.3 Å². The molecule has 1 atom stereocenters. The second-order valence-electron chi connectivity index (χ2n) is 6.01. The quantitative estimate of drug-likeness (QED) is 0.597. The van der Waals surface area contributed by atoms with Gasteiger partial charge in [-0.3, -0.25) is 19.7 Å². The molecule has 2 N–H and O–H groups in total. The molecule has 1 heterocycles. The predicted molar refractivity (Wildman–Crippen MR) is 95.8 cm³/mol. The lowest BCUT2D eigenvalue weighted by Crippen LogP contribution is -2.60. The summed E-state index contributed by atoms with van der Waals surface area (Å²) in [7, 11) is 0. The largest absolute Gasteiger partial charge is 0.463 e. The Kier molecular flexibility index (Phi) is 6.62. The molecule has 1 aliphatic heterocycles. The summed E-state index contributed by atoms with van der Waals surface area (Å²) in [6.07, 6.45) is -0.482. The van der Waals surface area contributed by atoms with Crippen molar-refractivity contribution in [1.82, 2.24) is 15.5 Å². The molecule has 26 heavy (non-hydrogen) atoms. The van der Waals surface area contributed by atoms with Crippen molar-refractivity contribution in [3.63, 3.8) is 0 Å². The Hall–Kier alpha value is -2.55. The Labute approximate surface area is 155 Å². The Morgan fingerprint density at radius 1 is 1.38 bits per heavy atom. The van der Waals surface area contributed by atoms with Gasteiger partial charge >= 0.3 is 5.97 Å². The number of nitrogens with one attached hydrogen (secondary N) is 2. The van der Waals surface area contributed by atoms with Gasteiger partial charge in [0.2, 0.25) is 5.91 Å². The summed E-state index contributed by atoms with van der Waals surface area (Å²) in [6, 6.07) is 4.12. The Morgan fingerprint density at radius 3 is 2.65 bits per heavy atom. The lowest BCUT2D eigenvalue weighted by molar-refractivity contribution is -0.150. The van der Waals surface area contributed by atoms with Crippen LogP contribution in [0.4, 0.5) is 4.39 Å². The third-order valence-electron chi connectivity index (χ3n) is 3.65. The number of halogens is 1. The highest BCUT2D eigenvalue weighted by molar-refractivity contribution is 7.80. The van der Waals surface area contributed by atoms with Crippen LogP contribution in [0, 0.1) is 5.82 Å². The highest BCUT2D eigenvalue weighted by Gasteiger charge is 2.34. The average molecular weight is 381 g/mol. The van der Waals surface area contributed by atoms with Crippen molar-refractivity contribution in [2.45, 2.75) is 32.4 Å². The number of nitrogens with zero attached hydrogens (tertiary/aromatic N) is 1. The summed E-state index contributed by atoms with van der Waals surface area (Å²) >= 11 is 5.23. The van der Waals surface area contributed by atoms with Crippen molar-refractivity contribution in [3.05, 3.63) is 35.6 Å². The molecule has 0 radical (unpaired) electrons. The number of piperazine rings is 1. The van der Waals surface area contributed by atoms with Gasteiger partial charge in [0.05, 0.1) is 12.5 Å². The minimum absolute atomic E-state index is 0.0246. The van der Waals surface area contributed by atoms with Crippen molar-refractivity contribution < 1.29 is 23.5 Å². The molecule has 140 valence electrons. The first kappa shape index (κ1) is 19.8. The van der Waals surface area contributed by atoms with Crippen LogP contribution in [0.25, 0.3) is 0 Å². The van der Waals surface area contributed by atoms with Gasteiger partial charge in [-0.05, 0) is 50.3 Å². The van der Waals surface area contributed by atoms with Crippen LogP contribution in [-0.4, -0.2) is 53.0 Å². The summed E-state index contributed by atoms with van der Waals surface area (Å²) in [6.45, 7) is 4.10. The SMILES string of the molecule is CC(C)OC(=O)C[C@H]1C(=O)NCCN1C(=S)NC(=O)c1ccc(F)cc1. The zero-order valence-corrected chi connectivity index (χ0v) is 15.3. The first-order valence-electron chi connectivity index (χ1n) is 8.12. The van der Waals surface area contributed by atoms with Crippen LogP contribution in [0.2, 0.25) is 0 Å². The van der Waals surface area contributed by atoms with Crippen molar-refractivity contribution in [3.8, 4) is 0 Å². The maximum absolute atomic E-state index is 13.0. The number of amides is 2. The molecule has 0 saturated carbocycles. The van der Waals surface area contributed by atoms with Crippen LogP contribution < -0.4 is 10.6 Å². The Balaban J connectivity index is 2.06. The van der Waals surface area contributed by atoms with Crippen molar-refractivity contribution in [1.29, 1.82) is 0 Å². The molecule has 0 unspecified atom stereocenters. The first-order valence-corrected chi connectivity index (χ1v) is 8.53. The van der Waals surface area contributed by atoms with Crippen molar-refractivity contribution in [2.75, 3.05) is 13.1 Å². The van der Waals surface area contributed by atoms with E-state index in [0.29, 0.717) is 13.1 Å². The first-order chi connectivity index (χ1) is 12.3. The Morgan fingerprint density at radius 2 is 2.04 bits per heavy atom. The molecule has 2 rings (SSSR count). The van der Waals surface area contributed by atoms with Crippen molar-refractivity contribution in [2.24, 2.45) is 0 Å². The van der Waals surface area contributed by atoms with E-state index < -0.39 is 23.7 Å². The lowest BCUT2D eigenvalue weighted by atomic mass is 10.1. The molecule has 9 heteroatoms. The van der Waals surface area contributed by atoms with Gasteiger partial charge in [-0.25, -0.2) is 4.39 Å². The van der Waals surface area contributed by atoms with Crippen LogP contribution in [0.1, 0.15) is 30.6 Å². The predicted octanol–water partition coefficient (Wildman–Crippen LogP) is 0.983. The van der Waals surface area contributed by atoms with E-state index in [1.807, 2.05) is 0 Å². The number of hydrogen-bond donors (Lipinski definition) is 2. The van der Waals surface area contributed by atoms with E-state index in [2.05, 4.69) is 10.6 Å². The summed E-state index contributed by atoms with van der Waals surface area (Å²) < 4.78 is 18.0. The highest BCUT2D eigenvalue weighted by atomic mass is 32.1. The fraction of sp³-hybridized carbons (Fsp3) is 0.412. The molecule has 2 amide bonds. The van der Waals surface area contributed by atoms with Gasteiger partial charge in [-0.15, -0.1) is 0 Å². The van der Waals surface area contributed by atoms with Gasteiger partial charge in [0.1, 0.15) is 11.9 Å². The number of esters is 1. The second kappa shape index (κ2) is 8.70. The van der Waals surface area contributed by atoms with E-state index in [9.17, 15) is 18.8 Å². The smallest absolute Gasteiger partial charge is 0.308 e. The molecular weight excluding hydrogens is 361 g/mol. The number of ether oxygens (including phenoxy) is 1. The molecule has 0 aliphatic carbocycles. The summed E-state index contributed by atoms with van der Waals surface area (Å²) in [5, 5.41) is 5.20. The van der Waals surface area contributed by atoms with E-state index >= 15 is 0 Å². The minimum Gasteiger partial charge on any atom is -0.463 e. The topological polar surface area (TPSA) is 87.7 Å². The Bertz CT molecular complexity index is 708. The minimum atomic E-state index is -0.865. The zero-order chi connectivity index (χ0) is 19.3. The average Bonchev–Trinajstić information content (AvgIpc) is 2.56. The van der Waals surface area contributed by atoms with Gasteiger partial charge in [-0.1, -0.05) is 0 Å². The van der Waals surface area contributed by atoms with Gasteiger partial charge in [-0.2, -0.15) is 0 Å². The van der Waals surface area contributed by atoms with Gasteiger partial charge < -0.3 is 15.0 Å². The molecule has 1 aromatic carbocycles. The molecule has 0 spiro atoms. The summed E-state index contributed by atoms with van der Waals surface area (Å²) in [5.74, 6) is -1.87. The van der Waals surface area contributed by atoms with Crippen LogP contribution in [-0.2, 0) is 14.3 Å². The van der Waals surface area contributed by atoms with Gasteiger partial charge in [0, 0.05) is 18.7 Å². The maximum Gasteiger partial charge on any atom is 0.308 e. The summed E-state index contributed by atoms with van der Waals surface area (Å²) in [4.78, 5) is 37.8. The number of carbonyl (C=O) groups is 3. The molecule has 1 aromatic rings. The molecule has 7 nitrogen and oxygen atoms in total. The molecule has 0 bridgehead atoms. The number of benzene rings is 1. The number of thiocarbonyl (C=S) groups is 1. The lowest BCUT2D eigenvalue weighted by Gasteiger charge is -2.36. The number of hydrogen-bond acceptors (Lipinski definition) is 5. The zero-order valence-electron chi connectivity index (χ0n) is 14.5. The maximum atomic E-state index is 13.0. The van der Waals surface area contributed by atoms with Gasteiger partial charge in [0.15, 0.2) is 5.11 Å². The van der Waals surface area contributed by atoms with Gasteiger partial charge in [0.25, 0.3) is 5.91 Å². The van der Waals surface area contributed by atoms with Crippen LogP contribution >= 0.6 is 12.2 Å². The summed E-state index contributed by atoms with van der Waals surface area (Å²) in [5.41, 5.74) is 0.228. The van der Waals surface area contributed by atoms with E-state index in [-0.39, 0.29) is 29.1 Å². The van der Waals surface area contributed by atoms with Crippen LogP contribution in [0.3, 0.4) is 0 Å². The van der Waals surface area contributed by atoms with E-state index in [0.717, 1.165) is 12.1 Å².